The minimum absolute atomic E-state index is 0.0492. The Bertz CT molecular complexity index is 1010. The van der Waals surface area contributed by atoms with Crippen molar-refractivity contribution in [1.82, 2.24) is 10.2 Å². The second kappa shape index (κ2) is 8.99. The van der Waals surface area contributed by atoms with Crippen molar-refractivity contribution in [3.05, 3.63) is 68.8 Å². The van der Waals surface area contributed by atoms with E-state index in [4.69, 9.17) is 4.74 Å². The quantitative estimate of drug-likeness (QED) is 0.366. The van der Waals surface area contributed by atoms with Crippen LogP contribution < -0.4 is 10.1 Å². The van der Waals surface area contributed by atoms with E-state index in [1.54, 1.807) is 12.1 Å². The molecule has 6 nitrogen and oxygen atoms in total. The molecule has 1 N–H and O–H groups in total. The average Bonchev–Trinajstić information content (AvgIpc) is 3.25. The zero-order valence-corrected chi connectivity index (χ0v) is 18.4. The summed E-state index contributed by atoms with van der Waals surface area (Å²) in [7, 11) is 0. The molecular formula is C23H21IN2O4. The SMILES string of the molecule is O=C1NC(=O)N(C2CCCC2)C(=O)/C1=C/c1ccccc1OCc1ccc(I)cc1. The summed E-state index contributed by atoms with van der Waals surface area (Å²) in [5.74, 6) is -0.650. The van der Waals surface area contributed by atoms with Crippen molar-refractivity contribution in [2.24, 2.45) is 0 Å². The summed E-state index contributed by atoms with van der Waals surface area (Å²) in [6.07, 6.45) is 5.01. The number of ether oxygens (including phenoxy) is 1. The number of barbiturate groups is 1. The van der Waals surface area contributed by atoms with Gasteiger partial charge in [0.15, 0.2) is 0 Å². The van der Waals surface area contributed by atoms with Crippen molar-refractivity contribution in [3.8, 4) is 5.75 Å². The number of halogens is 1. The van der Waals surface area contributed by atoms with Crippen LogP contribution in [0.4, 0.5) is 4.79 Å². The molecule has 1 heterocycles. The van der Waals surface area contributed by atoms with E-state index in [9.17, 15) is 14.4 Å². The Kier molecular flexibility index (Phi) is 6.17. The number of para-hydroxylation sites is 1. The van der Waals surface area contributed by atoms with Crippen LogP contribution in [-0.4, -0.2) is 28.8 Å². The van der Waals surface area contributed by atoms with Gasteiger partial charge in [-0.15, -0.1) is 0 Å². The molecule has 0 unspecified atom stereocenters. The van der Waals surface area contributed by atoms with Gasteiger partial charge in [-0.25, -0.2) is 4.79 Å². The topological polar surface area (TPSA) is 75.7 Å². The molecule has 2 aromatic rings. The number of hydrogen-bond donors (Lipinski definition) is 1. The molecule has 2 aliphatic rings. The van der Waals surface area contributed by atoms with Gasteiger partial charge >= 0.3 is 6.03 Å². The Hall–Kier alpha value is -2.68. The number of hydrogen-bond acceptors (Lipinski definition) is 4. The van der Waals surface area contributed by atoms with Gasteiger partial charge < -0.3 is 4.74 Å². The molecular weight excluding hydrogens is 495 g/mol. The van der Waals surface area contributed by atoms with E-state index in [-0.39, 0.29) is 11.6 Å². The van der Waals surface area contributed by atoms with Gasteiger partial charge in [-0.3, -0.25) is 19.8 Å². The molecule has 0 bridgehead atoms. The number of amides is 4. The number of carbonyl (C=O) groups excluding carboxylic acids is 3. The summed E-state index contributed by atoms with van der Waals surface area (Å²) in [6.45, 7) is 0.365. The average molecular weight is 516 g/mol. The molecule has 0 aromatic heterocycles. The van der Waals surface area contributed by atoms with E-state index in [1.165, 1.54) is 11.0 Å². The van der Waals surface area contributed by atoms with Gasteiger partial charge in [-0.1, -0.05) is 43.2 Å². The van der Waals surface area contributed by atoms with Gasteiger partial charge in [0, 0.05) is 15.2 Å². The van der Waals surface area contributed by atoms with Crippen LogP contribution in [0.2, 0.25) is 0 Å². The summed E-state index contributed by atoms with van der Waals surface area (Å²) in [5, 5.41) is 2.31. The Morgan fingerprint density at radius 1 is 1.03 bits per heavy atom. The molecule has 30 heavy (non-hydrogen) atoms. The van der Waals surface area contributed by atoms with Crippen LogP contribution in [0.15, 0.2) is 54.1 Å². The fourth-order valence-corrected chi connectivity index (χ4v) is 4.15. The number of nitrogens with zero attached hydrogens (tertiary/aromatic N) is 1. The van der Waals surface area contributed by atoms with Crippen LogP contribution in [0.3, 0.4) is 0 Å². The van der Waals surface area contributed by atoms with Crippen LogP contribution in [0.25, 0.3) is 6.08 Å². The molecule has 4 amide bonds. The smallest absolute Gasteiger partial charge is 0.331 e. The molecule has 2 aromatic carbocycles. The molecule has 2 fully saturated rings. The fourth-order valence-electron chi connectivity index (χ4n) is 3.79. The summed E-state index contributed by atoms with van der Waals surface area (Å²) in [4.78, 5) is 38.9. The summed E-state index contributed by atoms with van der Waals surface area (Å²) < 4.78 is 7.10. The van der Waals surface area contributed by atoms with Crippen LogP contribution in [0.1, 0.15) is 36.8 Å². The number of urea groups is 1. The Labute approximate surface area is 188 Å². The molecule has 0 radical (unpaired) electrons. The Morgan fingerprint density at radius 3 is 2.47 bits per heavy atom. The first-order chi connectivity index (χ1) is 14.5. The maximum absolute atomic E-state index is 13.0. The first-order valence-electron chi connectivity index (χ1n) is 9.90. The standard InChI is InChI=1S/C23H21IN2O4/c24-17-11-9-15(10-12-17)14-30-20-8-4-1-5-16(20)13-19-21(27)25-23(29)26(22(19)28)18-6-2-3-7-18/h1,4-5,8-13,18H,2-3,6-7,14H2,(H,25,27,29)/b19-13+. The third-order valence-corrected chi connectivity index (χ3v) is 6.07. The second-order valence-electron chi connectivity index (χ2n) is 7.38. The molecule has 1 saturated heterocycles. The molecule has 0 atom stereocenters. The van der Waals surface area contributed by atoms with E-state index >= 15 is 0 Å². The fraction of sp³-hybridized carbons (Fsp3) is 0.261. The van der Waals surface area contributed by atoms with E-state index < -0.39 is 17.8 Å². The zero-order chi connectivity index (χ0) is 21.1. The molecule has 4 rings (SSSR count). The molecule has 7 heteroatoms. The van der Waals surface area contributed by atoms with Crippen molar-refractivity contribution in [2.45, 2.75) is 38.3 Å². The lowest BCUT2D eigenvalue weighted by atomic mass is 10.0. The summed E-state index contributed by atoms with van der Waals surface area (Å²) in [6, 6.07) is 14.4. The lowest BCUT2D eigenvalue weighted by molar-refractivity contribution is -0.131. The summed E-state index contributed by atoms with van der Waals surface area (Å²) in [5.41, 5.74) is 1.58. The normalized spacial score (nSPS) is 18.8. The highest BCUT2D eigenvalue weighted by molar-refractivity contribution is 14.1. The highest BCUT2D eigenvalue weighted by Gasteiger charge is 2.40. The van der Waals surface area contributed by atoms with Crippen molar-refractivity contribution >= 4 is 46.5 Å². The number of carbonyl (C=O) groups is 3. The van der Waals surface area contributed by atoms with Crippen LogP contribution >= 0.6 is 22.6 Å². The van der Waals surface area contributed by atoms with Crippen molar-refractivity contribution in [3.63, 3.8) is 0 Å². The monoisotopic (exact) mass is 516 g/mol. The first kappa shape index (κ1) is 20.6. The highest BCUT2D eigenvalue weighted by atomic mass is 127. The van der Waals surface area contributed by atoms with Crippen LogP contribution in [0.5, 0.6) is 5.75 Å². The second-order valence-corrected chi connectivity index (χ2v) is 8.63. The van der Waals surface area contributed by atoms with Crippen molar-refractivity contribution < 1.29 is 19.1 Å². The predicted octanol–water partition coefficient (Wildman–Crippen LogP) is 4.27. The van der Waals surface area contributed by atoms with E-state index in [0.717, 1.165) is 34.8 Å². The predicted molar refractivity (Wildman–Crippen MR) is 121 cm³/mol. The van der Waals surface area contributed by atoms with Gasteiger partial charge in [-0.2, -0.15) is 0 Å². The molecule has 1 aliphatic carbocycles. The number of imide groups is 2. The number of rotatable bonds is 5. The van der Waals surface area contributed by atoms with E-state index in [0.29, 0.717) is 17.9 Å². The lowest BCUT2D eigenvalue weighted by Crippen LogP contribution is -2.57. The molecule has 1 aliphatic heterocycles. The van der Waals surface area contributed by atoms with Crippen LogP contribution in [-0.2, 0) is 16.2 Å². The molecule has 0 spiro atoms. The van der Waals surface area contributed by atoms with E-state index in [1.807, 2.05) is 36.4 Å². The summed E-state index contributed by atoms with van der Waals surface area (Å²) >= 11 is 2.25. The number of benzene rings is 2. The maximum Gasteiger partial charge on any atom is 0.331 e. The maximum atomic E-state index is 13.0. The van der Waals surface area contributed by atoms with Gasteiger partial charge in [0.05, 0.1) is 0 Å². The van der Waals surface area contributed by atoms with Gasteiger partial charge in [-0.05, 0) is 65.3 Å². The van der Waals surface area contributed by atoms with Crippen LogP contribution in [0, 0.1) is 3.57 Å². The third kappa shape index (κ3) is 4.40. The largest absolute Gasteiger partial charge is 0.488 e. The minimum Gasteiger partial charge on any atom is -0.488 e. The zero-order valence-electron chi connectivity index (χ0n) is 16.3. The first-order valence-corrected chi connectivity index (χ1v) is 11.0. The molecule has 154 valence electrons. The Morgan fingerprint density at radius 2 is 1.73 bits per heavy atom. The third-order valence-electron chi connectivity index (χ3n) is 5.35. The molecule has 1 saturated carbocycles. The lowest BCUT2D eigenvalue weighted by Gasteiger charge is -2.31. The van der Waals surface area contributed by atoms with E-state index in [2.05, 4.69) is 27.9 Å². The number of nitrogens with one attached hydrogen (secondary N) is 1. The highest BCUT2D eigenvalue weighted by Crippen LogP contribution is 2.28. The van der Waals surface area contributed by atoms with Gasteiger partial charge in [0.2, 0.25) is 0 Å². The van der Waals surface area contributed by atoms with Gasteiger partial charge in [0.25, 0.3) is 11.8 Å². The van der Waals surface area contributed by atoms with Crippen molar-refractivity contribution in [2.75, 3.05) is 0 Å². The Balaban J connectivity index is 1.58. The minimum atomic E-state index is -0.674. The van der Waals surface area contributed by atoms with Crippen molar-refractivity contribution in [1.29, 1.82) is 0 Å². The van der Waals surface area contributed by atoms with Gasteiger partial charge in [0.1, 0.15) is 17.9 Å².